The molecule has 1 amide bonds. The molecule has 36 heavy (non-hydrogen) atoms. The van der Waals surface area contributed by atoms with Gasteiger partial charge in [-0.1, -0.05) is 18.2 Å². The van der Waals surface area contributed by atoms with Crippen molar-refractivity contribution in [1.29, 1.82) is 0 Å². The molecule has 2 aromatic carbocycles. The molecule has 1 aliphatic rings. The van der Waals surface area contributed by atoms with Crippen molar-refractivity contribution in [2.75, 3.05) is 26.8 Å². The molecule has 7 nitrogen and oxygen atoms in total. The van der Waals surface area contributed by atoms with E-state index in [-0.39, 0.29) is 17.9 Å². The van der Waals surface area contributed by atoms with E-state index in [2.05, 4.69) is 15.6 Å². The summed E-state index contributed by atoms with van der Waals surface area (Å²) in [6.45, 7) is 2.17. The molecule has 1 aliphatic heterocycles. The highest BCUT2D eigenvalue weighted by Gasteiger charge is 2.26. The van der Waals surface area contributed by atoms with Gasteiger partial charge in [0, 0.05) is 24.1 Å². The maximum atomic E-state index is 13.2. The monoisotopic (exact) mass is 502 g/mol. The molecule has 0 bridgehead atoms. The lowest BCUT2D eigenvalue weighted by molar-refractivity contribution is -0.126. The number of benzene rings is 2. The molecular formula is C28H30N4O3S. The summed E-state index contributed by atoms with van der Waals surface area (Å²) in [5.74, 6) is 1.66. The molecule has 5 rings (SSSR count). The number of fused-ring (bicyclic) bond motifs is 1. The van der Waals surface area contributed by atoms with Crippen molar-refractivity contribution in [2.24, 2.45) is 5.92 Å². The van der Waals surface area contributed by atoms with Gasteiger partial charge in [0.05, 0.1) is 41.2 Å². The van der Waals surface area contributed by atoms with E-state index in [9.17, 15) is 4.79 Å². The molecule has 1 atom stereocenters. The molecule has 1 saturated heterocycles. The summed E-state index contributed by atoms with van der Waals surface area (Å²) in [5.41, 5.74) is 5.60. The fraction of sp³-hybridized carbons (Fsp3) is 0.321. The second-order valence-corrected chi connectivity index (χ2v) is 9.76. The fourth-order valence-corrected chi connectivity index (χ4v) is 5.31. The van der Waals surface area contributed by atoms with Gasteiger partial charge in [-0.3, -0.25) is 9.78 Å². The van der Waals surface area contributed by atoms with Crippen molar-refractivity contribution in [3.8, 4) is 22.6 Å². The van der Waals surface area contributed by atoms with Crippen molar-refractivity contribution in [3.63, 3.8) is 0 Å². The number of nitrogens with zero attached hydrogens (tertiary/aromatic N) is 2. The highest BCUT2D eigenvalue weighted by Crippen LogP contribution is 2.31. The van der Waals surface area contributed by atoms with Crippen LogP contribution >= 0.6 is 11.3 Å². The third-order valence-electron chi connectivity index (χ3n) is 6.55. The average molecular weight is 503 g/mol. The van der Waals surface area contributed by atoms with E-state index in [1.807, 2.05) is 60.1 Å². The van der Waals surface area contributed by atoms with Crippen LogP contribution in [0.1, 0.15) is 31.0 Å². The van der Waals surface area contributed by atoms with Gasteiger partial charge in [0.15, 0.2) is 0 Å². The summed E-state index contributed by atoms with van der Waals surface area (Å²) in [4.78, 5) is 22.3. The minimum Gasteiger partial charge on any atom is -0.497 e. The van der Waals surface area contributed by atoms with E-state index in [0.717, 1.165) is 64.5 Å². The first-order chi connectivity index (χ1) is 17.7. The summed E-state index contributed by atoms with van der Waals surface area (Å²) < 4.78 is 12.6. The summed E-state index contributed by atoms with van der Waals surface area (Å²) in [5, 5.41) is 6.64. The lowest BCUT2D eigenvalue weighted by Crippen LogP contribution is -2.40. The van der Waals surface area contributed by atoms with Gasteiger partial charge in [-0.25, -0.2) is 4.98 Å². The molecule has 4 aromatic rings. The number of hydrogen-bond donors (Lipinski definition) is 2. The molecule has 186 valence electrons. The maximum absolute atomic E-state index is 13.2. The van der Waals surface area contributed by atoms with Gasteiger partial charge in [0.25, 0.3) is 0 Å². The number of ether oxygens (including phenoxy) is 2. The highest BCUT2D eigenvalue weighted by molar-refractivity contribution is 7.16. The molecular weight excluding hydrogens is 472 g/mol. The van der Waals surface area contributed by atoms with Gasteiger partial charge in [-0.2, -0.15) is 0 Å². The Labute approximate surface area is 214 Å². The standard InChI is InChI=1S/C28H30N4O3S/c1-34-21-5-2-4-20(16-21)23-6-3-12-30-27(23)25(32-28(33)19-9-13-29-14-10-19)11-15-35-22-7-8-24-26(17-22)36-18-31-24/h2-8,12,16-19,25,29H,9-11,13-15H2,1H3,(H,32,33)/t25-/m1/s1. The first-order valence-electron chi connectivity index (χ1n) is 12.3. The largest absolute Gasteiger partial charge is 0.497 e. The van der Waals surface area contributed by atoms with Crippen molar-refractivity contribution in [3.05, 3.63) is 72.0 Å². The van der Waals surface area contributed by atoms with Crippen LogP contribution in [0.5, 0.6) is 11.5 Å². The van der Waals surface area contributed by atoms with Crippen LogP contribution in [0.4, 0.5) is 0 Å². The first kappa shape index (κ1) is 24.2. The van der Waals surface area contributed by atoms with Gasteiger partial charge < -0.3 is 20.1 Å². The van der Waals surface area contributed by atoms with Crippen LogP contribution in [-0.4, -0.2) is 42.7 Å². The Morgan fingerprint density at radius 3 is 2.86 bits per heavy atom. The van der Waals surface area contributed by atoms with Crippen LogP contribution in [0.15, 0.2) is 66.3 Å². The number of rotatable bonds is 9. The van der Waals surface area contributed by atoms with Crippen molar-refractivity contribution in [1.82, 2.24) is 20.6 Å². The SMILES string of the molecule is COc1cccc(-c2cccnc2[C@@H](CCOc2ccc3ncsc3c2)NC(=O)C2CCNCC2)c1. The number of carbonyl (C=O) groups is 1. The van der Waals surface area contributed by atoms with E-state index >= 15 is 0 Å². The summed E-state index contributed by atoms with van der Waals surface area (Å²) in [6, 6.07) is 17.5. The normalized spacial score (nSPS) is 14.9. The van der Waals surface area contributed by atoms with E-state index in [4.69, 9.17) is 14.5 Å². The first-order valence-corrected chi connectivity index (χ1v) is 13.2. The Morgan fingerprint density at radius 2 is 2.00 bits per heavy atom. The summed E-state index contributed by atoms with van der Waals surface area (Å²) in [6.07, 6.45) is 4.05. The van der Waals surface area contributed by atoms with E-state index < -0.39 is 0 Å². The topological polar surface area (TPSA) is 85.4 Å². The number of aromatic nitrogens is 2. The predicted octanol–water partition coefficient (Wildman–Crippen LogP) is 4.99. The van der Waals surface area contributed by atoms with Crippen LogP contribution in [-0.2, 0) is 4.79 Å². The minimum absolute atomic E-state index is 0.00684. The number of thiazole rings is 1. The number of nitrogens with one attached hydrogen (secondary N) is 2. The molecule has 8 heteroatoms. The molecule has 1 fully saturated rings. The van der Waals surface area contributed by atoms with Gasteiger partial charge in [-0.15, -0.1) is 11.3 Å². The lowest BCUT2D eigenvalue weighted by atomic mass is 9.94. The van der Waals surface area contributed by atoms with Crippen LogP contribution in [0.3, 0.4) is 0 Å². The Morgan fingerprint density at radius 1 is 1.11 bits per heavy atom. The van der Waals surface area contributed by atoms with Crippen molar-refractivity contribution in [2.45, 2.75) is 25.3 Å². The van der Waals surface area contributed by atoms with Gasteiger partial charge in [-0.05, 0) is 67.9 Å². The lowest BCUT2D eigenvalue weighted by Gasteiger charge is -2.26. The van der Waals surface area contributed by atoms with Gasteiger partial charge in [0.1, 0.15) is 11.5 Å². The van der Waals surface area contributed by atoms with Crippen LogP contribution in [0, 0.1) is 5.92 Å². The zero-order chi connectivity index (χ0) is 24.7. The van der Waals surface area contributed by atoms with E-state index in [1.54, 1.807) is 24.6 Å². The van der Waals surface area contributed by atoms with Crippen LogP contribution in [0.2, 0.25) is 0 Å². The Bertz CT molecular complexity index is 1320. The fourth-order valence-electron chi connectivity index (χ4n) is 4.60. The number of piperidine rings is 1. The second-order valence-electron chi connectivity index (χ2n) is 8.87. The van der Waals surface area contributed by atoms with Crippen molar-refractivity contribution >= 4 is 27.5 Å². The Balaban J connectivity index is 1.39. The van der Waals surface area contributed by atoms with E-state index in [1.165, 1.54) is 0 Å². The predicted molar refractivity (Wildman–Crippen MR) is 142 cm³/mol. The minimum atomic E-state index is -0.290. The molecule has 2 aromatic heterocycles. The Hall–Kier alpha value is -3.49. The zero-order valence-electron chi connectivity index (χ0n) is 20.3. The number of methoxy groups -OCH3 is 1. The smallest absolute Gasteiger partial charge is 0.223 e. The van der Waals surface area contributed by atoms with Crippen LogP contribution < -0.4 is 20.1 Å². The second kappa shape index (κ2) is 11.5. The number of pyridine rings is 1. The van der Waals surface area contributed by atoms with Gasteiger partial charge >= 0.3 is 0 Å². The van der Waals surface area contributed by atoms with E-state index in [0.29, 0.717) is 13.0 Å². The summed E-state index contributed by atoms with van der Waals surface area (Å²) >= 11 is 1.59. The molecule has 0 spiro atoms. The van der Waals surface area contributed by atoms with Gasteiger partial charge in [0.2, 0.25) is 5.91 Å². The summed E-state index contributed by atoms with van der Waals surface area (Å²) in [7, 11) is 1.66. The molecule has 2 N–H and O–H groups in total. The quantitative estimate of drug-likeness (QED) is 0.335. The average Bonchev–Trinajstić information content (AvgIpc) is 3.41. The maximum Gasteiger partial charge on any atom is 0.223 e. The van der Waals surface area contributed by atoms with Crippen LogP contribution in [0.25, 0.3) is 21.3 Å². The zero-order valence-corrected chi connectivity index (χ0v) is 21.1. The highest BCUT2D eigenvalue weighted by atomic mass is 32.1. The van der Waals surface area contributed by atoms with Crippen molar-refractivity contribution < 1.29 is 14.3 Å². The molecule has 0 saturated carbocycles. The Kier molecular flexibility index (Phi) is 7.73. The number of carbonyl (C=O) groups excluding carboxylic acids is 1. The molecule has 0 radical (unpaired) electrons. The molecule has 3 heterocycles. The molecule has 0 aliphatic carbocycles. The third kappa shape index (κ3) is 5.66. The molecule has 0 unspecified atom stereocenters. The number of amides is 1. The third-order valence-corrected chi connectivity index (χ3v) is 7.35. The number of hydrogen-bond acceptors (Lipinski definition) is 7.